The average Bonchev–Trinajstić information content (AvgIpc) is 3.71. The molecule has 6 rings (SSSR count). The Morgan fingerprint density at radius 3 is 2.61 bits per heavy atom. The van der Waals surface area contributed by atoms with Gasteiger partial charge in [-0.2, -0.15) is 5.10 Å². The quantitative estimate of drug-likeness (QED) is 0.432. The van der Waals surface area contributed by atoms with Gasteiger partial charge in [0.1, 0.15) is 5.69 Å². The first-order valence-corrected chi connectivity index (χ1v) is 13.9. The number of aromatic nitrogens is 4. The summed E-state index contributed by atoms with van der Waals surface area (Å²) in [5, 5.41) is 7.83. The number of morpholine rings is 1. The first-order chi connectivity index (χ1) is 18.5. The topological polar surface area (TPSA) is 85.2 Å². The highest BCUT2D eigenvalue weighted by Crippen LogP contribution is 2.41. The lowest BCUT2D eigenvalue weighted by Crippen LogP contribution is -2.43. The van der Waals surface area contributed by atoms with Gasteiger partial charge in [0.2, 0.25) is 0 Å². The third-order valence-electron chi connectivity index (χ3n) is 7.96. The van der Waals surface area contributed by atoms with Crippen LogP contribution in [0.4, 0.5) is 5.69 Å². The third-order valence-corrected chi connectivity index (χ3v) is 8.25. The van der Waals surface area contributed by atoms with Crippen LogP contribution in [0.1, 0.15) is 70.9 Å². The molecule has 198 valence electrons. The number of carbonyl (C=O) groups is 1. The van der Waals surface area contributed by atoms with Crippen molar-refractivity contribution < 1.29 is 9.53 Å². The Balaban J connectivity index is 1.14. The first kappa shape index (κ1) is 25.2. The number of carbonyl (C=O) groups excluding carboxylic acids is 1. The lowest BCUT2D eigenvalue weighted by Gasteiger charge is -2.36. The van der Waals surface area contributed by atoms with E-state index in [2.05, 4.69) is 33.3 Å². The summed E-state index contributed by atoms with van der Waals surface area (Å²) in [6.45, 7) is 7.63. The monoisotopic (exact) mass is 532 g/mol. The molecule has 1 aliphatic heterocycles. The molecule has 3 aromatic heterocycles. The van der Waals surface area contributed by atoms with Crippen LogP contribution in [0.5, 0.6) is 0 Å². The maximum atomic E-state index is 13.2. The minimum Gasteiger partial charge on any atom is -0.379 e. The second-order valence-electron chi connectivity index (χ2n) is 10.6. The molecule has 2 aliphatic carbocycles. The number of amides is 1. The number of ether oxygens (including phenoxy) is 1. The van der Waals surface area contributed by atoms with E-state index in [0.717, 1.165) is 62.4 Å². The number of allylic oxidation sites excluding steroid dienone is 1. The fraction of sp³-hybridized carbons (Fsp3) is 0.448. The summed E-state index contributed by atoms with van der Waals surface area (Å²) in [4.78, 5) is 24.8. The lowest BCUT2D eigenvalue weighted by atomic mass is 9.90. The maximum absolute atomic E-state index is 13.2. The van der Waals surface area contributed by atoms with Gasteiger partial charge >= 0.3 is 0 Å². The molecule has 0 spiro atoms. The number of anilines is 1. The van der Waals surface area contributed by atoms with Crippen molar-refractivity contribution in [3.63, 3.8) is 0 Å². The Kier molecular flexibility index (Phi) is 7.03. The number of pyridine rings is 2. The lowest BCUT2D eigenvalue weighted by molar-refractivity contribution is 0.0150. The van der Waals surface area contributed by atoms with Crippen LogP contribution >= 0.6 is 11.6 Å². The highest BCUT2D eigenvalue weighted by molar-refractivity contribution is 6.31. The van der Waals surface area contributed by atoms with Crippen molar-refractivity contribution >= 4 is 28.8 Å². The van der Waals surface area contributed by atoms with E-state index < -0.39 is 0 Å². The molecular weight excluding hydrogens is 500 g/mol. The Labute approximate surface area is 228 Å². The standard InChI is InChI=1S/C29H33ClN6O2/c1-18-13-23(16-31-27(18)21-5-7-24(8-6-21)35-9-11-38-12-10-35)34-29(37)25-17-33-36(19(25)2)26-14-22(20-3-4-20)15-32-28(26)30/h5,13-17,20,24H,3-4,6-12H2,1-2H3,(H,34,37). The summed E-state index contributed by atoms with van der Waals surface area (Å²) >= 11 is 6.40. The van der Waals surface area contributed by atoms with Gasteiger partial charge in [-0.25, -0.2) is 9.67 Å². The molecule has 1 unspecified atom stereocenters. The van der Waals surface area contributed by atoms with Crippen LogP contribution in [-0.2, 0) is 4.74 Å². The minimum absolute atomic E-state index is 0.227. The molecule has 8 nitrogen and oxygen atoms in total. The van der Waals surface area contributed by atoms with Crippen LogP contribution in [-0.4, -0.2) is 62.9 Å². The second-order valence-corrected chi connectivity index (χ2v) is 10.9. The zero-order valence-corrected chi connectivity index (χ0v) is 22.7. The van der Waals surface area contributed by atoms with Crippen molar-refractivity contribution in [2.45, 2.75) is 57.9 Å². The van der Waals surface area contributed by atoms with Crippen LogP contribution in [0.3, 0.4) is 0 Å². The molecule has 3 aliphatic rings. The molecule has 1 atom stereocenters. The van der Waals surface area contributed by atoms with Crippen LogP contribution in [0.2, 0.25) is 5.15 Å². The summed E-state index contributed by atoms with van der Waals surface area (Å²) in [5.41, 5.74) is 7.10. The molecule has 2 fully saturated rings. The van der Waals surface area contributed by atoms with E-state index in [1.807, 2.05) is 25.3 Å². The van der Waals surface area contributed by atoms with Crippen molar-refractivity contribution in [1.82, 2.24) is 24.6 Å². The average molecular weight is 533 g/mol. The largest absolute Gasteiger partial charge is 0.379 e. The van der Waals surface area contributed by atoms with E-state index in [0.29, 0.717) is 39.7 Å². The zero-order chi connectivity index (χ0) is 26.2. The number of nitrogens with one attached hydrogen (secondary N) is 1. The van der Waals surface area contributed by atoms with E-state index in [4.69, 9.17) is 21.3 Å². The molecule has 0 bridgehead atoms. The predicted molar refractivity (Wildman–Crippen MR) is 148 cm³/mol. The zero-order valence-electron chi connectivity index (χ0n) is 21.9. The van der Waals surface area contributed by atoms with Crippen molar-refractivity contribution in [1.29, 1.82) is 0 Å². The van der Waals surface area contributed by atoms with E-state index in [1.54, 1.807) is 17.1 Å². The summed E-state index contributed by atoms with van der Waals surface area (Å²) in [6.07, 6.45) is 13.0. The van der Waals surface area contributed by atoms with E-state index in [9.17, 15) is 4.79 Å². The van der Waals surface area contributed by atoms with Gasteiger partial charge < -0.3 is 10.1 Å². The summed E-state index contributed by atoms with van der Waals surface area (Å²) < 4.78 is 7.20. The number of rotatable bonds is 6. The van der Waals surface area contributed by atoms with Crippen molar-refractivity contribution in [2.75, 3.05) is 31.6 Å². The van der Waals surface area contributed by atoms with Gasteiger partial charge in [0.25, 0.3) is 5.91 Å². The van der Waals surface area contributed by atoms with Crippen LogP contribution < -0.4 is 5.32 Å². The molecule has 3 aromatic rings. The SMILES string of the molecule is Cc1cc(NC(=O)c2cnn(-c3cc(C4CC4)cnc3Cl)c2C)cnc1C1=CCC(N2CCOCC2)CC1. The van der Waals surface area contributed by atoms with Crippen LogP contribution in [0, 0.1) is 13.8 Å². The molecule has 1 saturated carbocycles. The van der Waals surface area contributed by atoms with Gasteiger partial charge in [-0.3, -0.25) is 14.7 Å². The van der Waals surface area contributed by atoms with Gasteiger partial charge in [-0.15, -0.1) is 0 Å². The predicted octanol–water partition coefficient (Wildman–Crippen LogP) is 5.33. The molecule has 9 heteroatoms. The fourth-order valence-corrected chi connectivity index (χ4v) is 5.79. The smallest absolute Gasteiger partial charge is 0.259 e. The van der Waals surface area contributed by atoms with Crippen molar-refractivity contribution in [2.24, 2.45) is 0 Å². The van der Waals surface area contributed by atoms with Gasteiger partial charge in [-0.05, 0) is 80.7 Å². The summed E-state index contributed by atoms with van der Waals surface area (Å²) in [7, 11) is 0. The number of hydrogen-bond acceptors (Lipinski definition) is 6. The van der Waals surface area contributed by atoms with Gasteiger partial charge in [0.15, 0.2) is 5.15 Å². The molecule has 0 radical (unpaired) electrons. The number of nitrogens with zero attached hydrogens (tertiary/aromatic N) is 5. The Morgan fingerprint density at radius 2 is 1.89 bits per heavy atom. The molecule has 1 saturated heterocycles. The highest BCUT2D eigenvalue weighted by atomic mass is 35.5. The second kappa shape index (κ2) is 10.6. The van der Waals surface area contributed by atoms with E-state index in [-0.39, 0.29) is 5.91 Å². The molecule has 0 aromatic carbocycles. The van der Waals surface area contributed by atoms with Crippen LogP contribution in [0.15, 0.2) is 36.8 Å². The number of hydrogen-bond donors (Lipinski definition) is 1. The molecule has 38 heavy (non-hydrogen) atoms. The fourth-order valence-electron chi connectivity index (χ4n) is 5.60. The Morgan fingerprint density at radius 1 is 1.08 bits per heavy atom. The maximum Gasteiger partial charge on any atom is 0.259 e. The Hall–Kier alpha value is -3.07. The van der Waals surface area contributed by atoms with E-state index >= 15 is 0 Å². The van der Waals surface area contributed by atoms with Gasteiger partial charge in [0.05, 0.1) is 48.2 Å². The van der Waals surface area contributed by atoms with Crippen molar-refractivity contribution in [3.05, 3.63) is 70.0 Å². The molecular formula is C29H33ClN6O2. The Bertz CT molecular complexity index is 1390. The highest BCUT2D eigenvalue weighted by Gasteiger charge is 2.26. The molecule has 4 heterocycles. The molecule has 1 N–H and O–H groups in total. The summed E-state index contributed by atoms with van der Waals surface area (Å²) in [5.74, 6) is 0.321. The normalized spacial score (nSPS) is 20.3. The van der Waals surface area contributed by atoms with Gasteiger partial charge in [0, 0.05) is 25.3 Å². The first-order valence-electron chi connectivity index (χ1n) is 13.5. The van der Waals surface area contributed by atoms with Crippen molar-refractivity contribution in [3.8, 4) is 5.69 Å². The third kappa shape index (κ3) is 5.13. The summed E-state index contributed by atoms with van der Waals surface area (Å²) in [6, 6.07) is 4.62. The van der Waals surface area contributed by atoms with Crippen LogP contribution in [0.25, 0.3) is 11.3 Å². The number of aryl methyl sites for hydroxylation is 1. The molecule has 1 amide bonds. The number of halogens is 1. The van der Waals surface area contributed by atoms with Gasteiger partial charge in [-0.1, -0.05) is 17.7 Å². The minimum atomic E-state index is -0.227. The van der Waals surface area contributed by atoms with E-state index in [1.165, 1.54) is 18.4 Å².